The fourth-order valence-electron chi connectivity index (χ4n) is 2.75. The zero-order valence-electron chi connectivity index (χ0n) is 12.7. The van der Waals surface area contributed by atoms with Gasteiger partial charge in [-0.3, -0.25) is 0 Å². The van der Waals surface area contributed by atoms with Crippen LogP contribution in [-0.4, -0.2) is 25.9 Å². The van der Waals surface area contributed by atoms with Gasteiger partial charge in [0.25, 0.3) is 0 Å². The van der Waals surface area contributed by atoms with Crippen molar-refractivity contribution in [2.45, 2.75) is 57.8 Å². The second-order valence-electron chi connectivity index (χ2n) is 5.59. The second-order valence-corrected chi connectivity index (χ2v) is 5.59. The van der Waals surface area contributed by atoms with Gasteiger partial charge in [-0.1, -0.05) is 19.1 Å². The molecule has 3 nitrogen and oxygen atoms in total. The molecule has 20 heavy (non-hydrogen) atoms. The summed E-state index contributed by atoms with van der Waals surface area (Å²) in [6.07, 6.45) is 6.33. The summed E-state index contributed by atoms with van der Waals surface area (Å²) in [4.78, 5) is 0. The van der Waals surface area contributed by atoms with Crippen molar-refractivity contribution in [2.75, 3.05) is 13.7 Å². The van der Waals surface area contributed by atoms with E-state index in [9.17, 15) is 0 Å². The van der Waals surface area contributed by atoms with Gasteiger partial charge in [0.05, 0.1) is 6.10 Å². The molecule has 1 aromatic rings. The van der Waals surface area contributed by atoms with Crippen LogP contribution < -0.4 is 10.1 Å². The van der Waals surface area contributed by atoms with Crippen molar-refractivity contribution in [3.05, 3.63) is 29.8 Å². The molecule has 0 radical (unpaired) electrons. The predicted octanol–water partition coefficient (Wildman–Crippen LogP) is 3.52. The van der Waals surface area contributed by atoms with E-state index in [2.05, 4.69) is 36.5 Å². The quantitative estimate of drug-likeness (QED) is 0.774. The Hall–Kier alpha value is -1.06. The summed E-state index contributed by atoms with van der Waals surface area (Å²) in [6.45, 7) is 4.15. The standard InChI is InChI=1S/C17H27NO2/c1-3-10-18-13-14-6-4-8-16(11-14)20-17-9-5-7-15(12-17)19-2/h4,6,8,11,15,17-18H,3,5,7,9-10,12-13H2,1-2H3. The van der Waals surface area contributed by atoms with E-state index >= 15 is 0 Å². The van der Waals surface area contributed by atoms with Gasteiger partial charge in [-0.25, -0.2) is 0 Å². The van der Waals surface area contributed by atoms with E-state index in [1.807, 2.05) is 0 Å². The van der Waals surface area contributed by atoms with E-state index in [-0.39, 0.29) is 0 Å². The Kier molecular flexibility index (Phi) is 6.34. The maximum absolute atomic E-state index is 6.13. The minimum absolute atomic E-state index is 0.299. The molecule has 3 heteroatoms. The predicted molar refractivity (Wildman–Crippen MR) is 82.1 cm³/mol. The molecular formula is C17H27NO2. The molecule has 112 valence electrons. The molecular weight excluding hydrogens is 250 g/mol. The van der Waals surface area contributed by atoms with Crippen molar-refractivity contribution >= 4 is 0 Å². The summed E-state index contributed by atoms with van der Waals surface area (Å²) in [5.74, 6) is 0.988. The molecule has 0 saturated heterocycles. The van der Waals surface area contributed by atoms with Gasteiger partial charge in [-0.05, 0) is 49.9 Å². The highest BCUT2D eigenvalue weighted by Crippen LogP contribution is 2.25. The first-order chi connectivity index (χ1) is 9.81. The van der Waals surface area contributed by atoms with Crippen molar-refractivity contribution < 1.29 is 9.47 Å². The number of rotatable bonds is 7. The van der Waals surface area contributed by atoms with Crippen molar-refractivity contribution in [3.8, 4) is 5.75 Å². The number of nitrogens with one attached hydrogen (secondary N) is 1. The fourth-order valence-corrected chi connectivity index (χ4v) is 2.75. The number of hydrogen-bond acceptors (Lipinski definition) is 3. The van der Waals surface area contributed by atoms with Crippen LogP contribution in [0.4, 0.5) is 0 Å². The molecule has 1 saturated carbocycles. The number of ether oxygens (including phenoxy) is 2. The maximum atomic E-state index is 6.13. The van der Waals surface area contributed by atoms with E-state index in [1.54, 1.807) is 7.11 Å². The SMILES string of the molecule is CCCNCc1cccc(OC2CCCC(OC)C2)c1. The normalized spacial score (nSPS) is 22.7. The Bertz CT molecular complexity index is 394. The summed E-state index contributed by atoms with van der Waals surface area (Å²) < 4.78 is 11.6. The molecule has 1 aliphatic rings. The molecule has 0 spiro atoms. The van der Waals surface area contributed by atoms with Crippen molar-refractivity contribution in [2.24, 2.45) is 0 Å². The molecule has 0 heterocycles. The van der Waals surface area contributed by atoms with E-state index in [0.29, 0.717) is 12.2 Å². The number of methoxy groups -OCH3 is 1. The van der Waals surface area contributed by atoms with E-state index in [0.717, 1.165) is 44.5 Å². The minimum atomic E-state index is 0.299. The Labute approximate surface area is 122 Å². The van der Waals surface area contributed by atoms with E-state index < -0.39 is 0 Å². The third-order valence-corrected chi connectivity index (χ3v) is 3.87. The van der Waals surface area contributed by atoms with Crippen molar-refractivity contribution in [1.29, 1.82) is 0 Å². The number of benzene rings is 1. The Morgan fingerprint density at radius 3 is 2.90 bits per heavy atom. The van der Waals surface area contributed by atoms with E-state index in [4.69, 9.17) is 9.47 Å². The lowest BCUT2D eigenvalue weighted by Crippen LogP contribution is -2.29. The number of hydrogen-bond donors (Lipinski definition) is 1. The minimum Gasteiger partial charge on any atom is -0.490 e. The van der Waals surface area contributed by atoms with Crippen LogP contribution >= 0.6 is 0 Å². The molecule has 0 amide bonds. The lowest BCUT2D eigenvalue weighted by Gasteiger charge is -2.28. The lowest BCUT2D eigenvalue weighted by atomic mass is 9.95. The monoisotopic (exact) mass is 277 g/mol. The van der Waals surface area contributed by atoms with Crippen LogP contribution in [0, 0.1) is 0 Å². The Balaban J connectivity index is 1.87. The second kappa shape index (κ2) is 8.28. The highest BCUT2D eigenvalue weighted by atomic mass is 16.5. The van der Waals surface area contributed by atoms with Gasteiger partial charge < -0.3 is 14.8 Å². The third kappa shape index (κ3) is 4.80. The summed E-state index contributed by atoms with van der Waals surface area (Å²) in [5, 5.41) is 3.42. The summed E-state index contributed by atoms with van der Waals surface area (Å²) >= 11 is 0. The van der Waals surface area contributed by atoms with Gasteiger partial charge in [0.1, 0.15) is 11.9 Å². The first-order valence-electron chi connectivity index (χ1n) is 7.81. The fraction of sp³-hybridized carbons (Fsp3) is 0.647. The van der Waals surface area contributed by atoms with Crippen LogP contribution in [0.3, 0.4) is 0 Å². The smallest absolute Gasteiger partial charge is 0.120 e. The first-order valence-corrected chi connectivity index (χ1v) is 7.81. The van der Waals surface area contributed by atoms with E-state index in [1.165, 1.54) is 12.0 Å². The largest absolute Gasteiger partial charge is 0.490 e. The average molecular weight is 277 g/mol. The molecule has 0 aliphatic heterocycles. The van der Waals surface area contributed by atoms with Gasteiger partial charge in [0.15, 0.2) is 0 Å². The highest BCUT2D eigenvalue weighted by molar-refractivity contribution is 5.28. The summed E-state index contributed by atoms with van der Waals surface area (Å²) in [5.41, 5.74) is 1.29. The highest BCUT2D eigenvalue weighted by Gasteiger charge is 2.22. The maximum Gasteiger partial charge on any atom is 0.120 e. The van der Waals surface area contributed by atoms with Crippen LogP contribution in [0.15, 0.2) is 24.3 Å². The topological polar surface area (TPSA) is 30.5 Å². The zero-order valence-corrected chi connectivity index (χ0v) is 12.7. The summed E-state index contributed by atoms with van der Waals surface area (Å²) in [7, 11) is 1.80. The molecule has 1 aliphatic carbocycles. The zero-order chi connectivity index (χ0) is 14.2. The van der Waals surface area contributed by atoms with Gasteiger partial charge >= 0.3 is 0 Å². The van der Waals surface area contributed by atoms with Crippen LogP contribution in [0.1, 0.15) is 44.6 Å². The van der Waals surface area contributed by atoms with Gasteiger partial charge in [-0.2, -0.15) is 0 Å². The average Bonchev–Trinajstić information content (AvgIpc) is 2.48. The Morgan fingerprint density at radius 1 is 1.25 bits per heavy atom. The molecule has 0 bridgehead atoms. The molecule has 1 fully saturated rings. The molecule has 1 aromatic carbocycles. The van der Waals surface area contributed by atoms with Crippen LogP contribution in [0.2, 0.25) is 0 Å². The van der Waals surface area contributed by atoms with Gasteiger partial charge in [0, 0.05) is 20.1 Å². The molecule has 0 aromatic heterocycles. The first kappa shape index (κ1) is 15.3. The van der Waals surface area contributed by atoms with Crippen LogP contribution in [0.5, 0.6) is 5.75 Å². The molecule has 2 unspecified atom stereocenters. The van der Waals surface area contributed by atoms with Gasteiger partial charge in [-0.15, -0.1) is 0 Å². The third-order valence-electron chi connectivity index (χ3n) is 3.87. The van der Waals surface area contributed by atoms with Crippen molar-refractivity contribution in [1.82, 2.24) is 5.32 Å². The molecule has 2 rings (SSSR count). The van der Waals surface area contributed by atoms with Crippen LogP contribution in [0.25, 0.3) is 0 Å². The van der Waals surface area contributed by atoms with Crippen molar-refractivity contribution in [3.63, 3.8) is 0 Å². The summed E-state index contributed by atoms with van der Waals surface area (Å²) in [6, 6.07) is 8.43. The Morgan fingerprint density at radius 2 is 2.10 bits per heavy atom. The molecule has 1 N–H and O–H groups in total. The van der Waals surface area contributed by atoms with Gasteiger partial charge in [0.2, 0.25) is 0 Å². The lowest BCUT2D eigenvalue weighted by molar-refractivity contribution is 0.0209. The molecule has 2 atom stereocenters. The van der Waals surface area contributed by atoms with Crippen LogP contribution in [-0.2, 0) is 11.3 Å².